The van der Waals surface area contributed by atoms with Crippen molar-refractivity contribution in [3.05, 3.63) is 65.7 Å². The van der Waals surface area contributed by atoms with Crippen LogP contribution < -0.4 is 10.2 Å². The van der Waals surface area contributed by atoms with Crippen LogP contribution in [0, 0.1) is 12.8 Å². The summed E-state index contributed by atoms with van der Waals surface area (Å²) in [5, 5.41) is 2.84. The quantitative estimate of drug-likeness (QED) is 0.483. The molecule has 0 saturated carbocycles. The molecule has 2 fully saturated rings. The second kappa shape index (κ2) is 11.7. The van der Waals surface area contributed by atoms with Crippen molar-refractivity contribution in [2.45, 2.75) is 32.6 Å². The second-order valence-electron chi connectivity index (χ2n) is 9.19. The van der Waals surface area contributed by atoms with E-state index in [1.165, 1.54) is 18.5 Å². The number of likely N-dealkylation sites (tertiary alicyclic amines) is 1. The Labute approximate surface area is 206 Å². The highest BCUT2D eigenvalue weighted by atomic mass is 16.5. The molecule has 2 aliphatic heterocycles. The summed E-state index contributed by atoms with van der Waals surface area (Å²) < 4.78 is 5.28. The molecule has 0 unspecified atom stereocenters. The van der Waals surface area contributed by atoms with E-state index in [0.29, 0.717) is 25.9 Å². The second-order valence-corrected chi connectivity index (χ2v) is 9.19. The van der Waals surface area contributed by atoms with Gasteiger partial charge in [0.1, 0.15) is 0 Å². The molecule has 2 aromatic rings. The van der Waals surface area contributed by atoms with Gasteiger partial charge in [0.15, 0.2) is 6.61 Å². The first-order valence-corrected chi connectivity index (χ1v) is 12.3. The Hall–Kier alpha value is -3.61. The van der Waals surface area contributed by atoms with E-state index in [9.17, 15) is 14.4 Å². The number of carbonyl (C=O) groups excluding carboxylic acids is 3. The predicted molar refractivity (Wildman–Crippen MR) is 137 cm³/mol. The van der Waals surface area contributed by atoms with Gasteiger partial charge in [0, 0.05) is 43.6 Å². The van der Waals surface area contributed by atoms with E-state index in [-0.39, 0.29) is 30.3 Å². The number of rotatable bonds is 7. The molecule has 1 N–H and O–H groups in total. The van der Waals surface area contributed by atoms with Crippen LogP contribution in [0.2, 0.25) is 0 Å². The van der Waals surface area contributed by atoms with Gasteiger partial charge >= 0.3 is 5.97 Å². The molecule has 0 aliphatic carbocycles. The van der Waals surface area contributed by atoms with E-state index in [2.05, 4.69) is 16.3 Å². The summed E-state index contributed by atoms with van der Waals surface area (Å²) in [6.07, 6.45) is 6.85. The monoisotopic (exact) mass is 475 g/mol. The van der Waals surface area contributed by atoms with Gasteiger partial charge in [-0.15, -0.1) is 0 Å². The third-order valence-corrected chi connectivity index (χ3v) is 6.66. The molecule has 2 aliphatic rings. The van der Waals surface area contributed by atoms with Crippen LogP contribution in [0.3, 0.4) is 0 Å². The molecule has 184 valence electrons. The van der Waals surface area contributed by atoms with E-state index < -0.39 is 0 Å². The summed E-state index contributed by atoms with van der Waals surface area (Å²) in [7, 11) is 0. The van der Waals surface area contributed by atoms with Gasteiger partial charge in [0.05, 0.1) is 5.92 Å². The van der Waals surface area contributed by atoms with Gasteiger partial charge in [-0.3, -0.25) is 14.4 Å². The molecule has 4 rings (SSSR count). The molecule has 2 aromatic carbocycles. The number of hydrogen-bond donors (Lipinski definition) is 1. The number of benzene rings is 2. The van der Waals surface area contributed by atoms with Crippen LogP contribution in [0.25, 0.3) is 6.08 Å². The third kappa shape index (κ3) is 6.72. The van der Waals surface area contributed by atoms with E-state index in [1.54, 1.807) is 17.1 Å². The Morgan fingerprint density at radius 2 is 1.71 bits per heavy atom. The van der Waals surface area contributed by atoms with Crippen molar-refractivity contribution in [3.63, 3.8) is 0 Å². The molecule has 7 heteroatoms. The van der Waals surface area contributed by atoms with Crippen LogP contribution in [0.1, 0.15) is 36.8 Å². The van der Waals surface area contributed by atoms with Crippen molar-refractivity contribution in [3.8, 4) is 0 Å². The van der Waals surface area contributed by atoms with E-state index in [0.717, 1.165) is 29.9 Å². The van der Waals surface area contributed by atoms with Gasteiger partial charge in [0.25, 0.3) is 5.91 Å². The topological polar surface area (TPSA) is 79.0 Å². The first-order valence-electron chi connectivity index (χ1n) is 12.3. The Bertz CT molecular complexity index is 1070. The van der Waals surface area contributed by atoms with Gasteiger partial charge in [-0.05, 0) is 68.0 Å². The molecular weight excluding hydrogens is 442 g/mol. The summed E-state index contributed by atoms with van der Waals surface area (Å²) >= 11 is 0. The van der Waals surface area contributed by atoms with Crippen LogP contribution >= 0.6 is 0 Å². The summed E-state index contributed by atoms with van der Waals surface area (Å²) in [5.41, 5.74) is 3.84. The SMILES string of the molecule is Cc1cc(N2CCCC2)ccc1NC(=O)COC(=O)C1CCN(C(=O)/C=C/c2ccccc2)CC1. The number of nitrogens with zero attached hydrogens (tertiary/aromatic N) is 2. The zero-order chi connectivity index (χ0) is 24.6. The van der Waals surface area contributed by atoms with Crippen molar-refractivity contribution in [2.24, 2.45) is 5.92 Å². The normalized spacial score (nSPS) is 16.5. The molecule has 0 aromatic heterocycles. The van der Waals surface area contributed by atoms with Crippen molar-refractivity contribution < 1.29 is 19.1 Å². The number of esters is 1. The Morgan fingerprint density at radius 1 is 1.00 bits per heavy atom. The fraction of sp³-hybridized carbons (Fsp3) is 0.393. The number of piperidine rings is 1. The fourth-order valence-corrected chi connectivity index (χ4v) is 4.57. The fourth-order valence-electron chi connectivity index (χ4n) is 4.57. The van der Waals surface area contributed by atoms with Gasteiger partial charge in [0.2, 0.25) is 5.91 Å². The smallest absolute Gasteiger partial charge is 0.309 e. The van der Waals surface area contributed by atoms with E-state index in [1.807, 2.05) is 49.4 Å². The van der Waals surface area contributed by atoms with Crippen molar-refractivity contribution in [1.29, 1.82) is 0 Å². The summed E-state index contributed by atoms with van der Waals surface area (Å²) in [4.78, 5) is 41.4. The standard InChI is InChI=1S/C28H33N3O4/c1-21-19-24(30-15-5-6-16-30)10-11-25(21)29-26(32)20-35-28(34)23-13-17-31(18-14-23)27(33)12-9-22-7-3-2-4-8-22/h2-4,7-12,19,23H,5-6,13-18,20H2,1H3,(H,29,32)/b12-9+. The van der Waals surface area contributed by atoms with Gasteiger partial charge in [-0.2, -0.15) is 0 Å². The Morgan fingerprint density at radius 3 is 2.40 bits per heavy atom. The maximum absolute atomic E-state index is 12.5. The average molecular weight is 476 g/mol. The van der Waals surface area contributed by atoms with Crippen LogP contribution in [0.15, 0.2) is 54.6 Å². The van der Waals surface area contributed by atoms with Crippen molar-refractivity contribution in [2.75, 3.05) is 43.0 Å². The molecule has 2 saturated heterocycles. The minimum Gasteiger partial charge on any atom is -0.455 e. The highest BCUT2D eigenvalue weighted by Crippen LogP contribution is 2.25. The minimum absolute atomic E-state index is 0.0637. The molecule has 0 spiro atoms. The van der Waals surface area contributed by atoms with Gasteiger partial charge < -0.3 is 19.9 Å². The van der Waals surface area contributed by atoms with Crippen LogP contribution in [0.4, 0.5) is 11.4 Å². The first kappa shape index (κ1) is 24.5. The lowest BCUT2D eigenvalue weighted by Gasteiger charge is -2.30. The largest absolute Gasteiger partial charge is 0.455 e. The molecule has 0 radical (unpaired) electrons. The lowest BCUT2D eigenvalue weighted by atomic mass is 9.97. The molecule has 0 atom stereocenters. The number of ether oxygens (including phenoxy) is 1. The van der Waals surface area contributed by atoms with Crippen molar-refractivity contribution >= 4 is 35.2 Å². The molecule has 0 bridgehead atoms. The predicted octanol–water partition coefficient (Wildman–Crippen LogP) is 4.03. The zero-order valence-electron chi connectivity index (χ0n) is 20.2. The summed E-state index contributed by atoms with van der Waals surface area (Å²) in [6.45, 7) is 4.77. The lowest BCUT2D eigenvalue weighted by Crippen LogP contribution is -2.40. The highest BCUT2D eigenvalue weighted by molar-refractivity contribution is 5.94. The minimum atomic E-state index is -0.381. The summed E-state index contributed by atoms with van der Waals surface area (Å²) in [6, 6.07) is 15.7. The van der Waals surface area contributed by atoms with E-state index >= 15 is 0 Å². The average Bonchev–Trinajstić information content (AvgIpc) is 3.43. The van der Waals surface area contributed by atoms with E-state index in [4.69, 9.17) is 4.74 Å². The first-order chi connectivity index (χ1) is 17.0. The highest BCUT2D eigenvalue weighted by Gasteiger charge is 2.28. The molecule has 2 amide bonds. The number of carbonyl (C=O) groups is 3. The number of nitrogens with one attached hydrogen (secondary N) is 1. The zero-order valence-corrected chi connectivity index (χ0v) is 20.2. The molecule has 35 heavy (non-hydrogen) atoms. The molecule has 7 nitrogen and oxygen atoms in total. The number of hydrogen-bond acceptors (Lipinski definition) is 5. The third-order valence-electron chi connectivity index (χ3n) is 6.66. The molecular formula is C28H33N3O4. The molecule has 2 heterocycles. The summed E-state index contributed by atoms with van der Waals surface area (Å²) in [5.74, 6) is -1.10. The number of aryl methyl sites for hydroxylation is 1. The number of anilines is 2. The van der Waals surface area contributed by atoms with Gasteiger partial charge in [-0.1, -0.05) is 30.3 Å². The Balaban J connectivity index is 1.19. The number of amides is 2. The van der Waals surface area contributed by atoms with Crippen LogP contribution in [-0.2, 0) is 19.1 Å². The van der Waals surface area contributed by atoms with Gasteiger partial charge in [-0.25, -0.2) is 0 Å². The van der Waals surface area contributed by atoms with Crippen LogP contribution in [-0.4, -0.2) is 55.5 Å². The lowest BCUT2D eigenvalue weighted by molar-refractivity contribution is -0.153. The maximum atomic E-state index is 12.5. The maximum Gasteiger partial charge on any atom is 0.309 e. The van der Waals surface area contributed by atoms with Crippen molar-refractivity contribution in [1.82, 2.24) is 4.90 Å². The Kier molecular flexibility index (Phi) is 8.19. The van der Waals surface area contributed by atoms with Crippen LogP contribution in [0.5, 0.6) is 0 Å².